The highest BCUT2D eigenvalue weighted by Crippen LogP contribution is 2.24. The SMILES string of the molecule is O=C(O)CC(O)CNCC1CCC(O)C1. The fourth-order valence-electron chi connectivity index (χ4n) is 1.96. The fraction of sp³-hybridized carbons (Fsp3) is 0.900. The highest BCUT2D eigenvalue weighted by atomic mass is 16.4. The van der Waals surface area contributed by atoms with Gasteiger partial charge in [-0.1, -0.05) is 0 Å². The van der Waals surface area contributed by atoms with Gasteiger partial charge in [0.15, 0.2) is 0 Å². The quantitative estimate of drug-likeness (QED) is 0.485. The molecule has 0 heterocycles. The third-order valence-electron chi connectivity index (χ3n) is 2.74. The predicted molar refractivity (Wildman–Crippen MR) is 54.5 cm³/mol. The standard InChI is InChI=1S/C10H19NO4/c12-8-2-1-7(3-8)5-11-6-9(13)4-10(14)15/h7-9,11-13H,1-6H2,(H,14,15). The Morgan fingerprint density at radius 1 is 1.47 bits per heavy atom. The Bertz CT molecular complexity index is 210. The van der Waals surface area contributed by atoms with E-state index in [-0.39, 0.29) is 12.5 Å². The van der Waals surface area contributed by atoms with Crippen LogP contribution in [0.1, 0.15) is 25.7 Å². The van der Waals surface area contributed by atoms with Gasteiger partial charge in [-0.3, -0.25) is 4.79 Å². The van der Waals surface area contributed by atoms with Crippen molar-refractivity contribution in [2.75, 3.05) is 13.1 Å². The number of carbonyl (C=O) groups is 1. The topological polar surface area (TPSA) is 89.8 Å². The number of hydrogen-bond donors (Lipinski definition) is 4. The van der Waals surface area contributed by atoms with Gasteiger partial charge in [0.25, 0.3) is 0 Å². The van der Waals surface area contributed by atoms with E-state index in [4.69, 9.17) is 5.11 Å². The first-order valence-electron chi connectivity index (χ1n) is 5.36. The minimum atomic E-state index is -0.986. The predicted octanol–water partition coefficient (Wildman–Crippen LogP) is -0.427. The molecule has 0 saturated heterocycles. The average molecular weight is 217 g/mol. The van der Waals surface area contributed by atoms with Gasteiger partial charge in [0, 0.05) is 6.54 Å². The van der Waals surface area contributed by atoms with Gasteiger partial charge in [0.2, 0.25) is 0 Å². The molecule has 0 bridgehead atoms. The smallest absolute Gasteiger partial charge is 0.306 e. The average Bonchev–Trinajstić information content (AvgIpc) is 2.50. The summed E-state index contributed by atoms with van der Waals surface area (Å²) >= 11 is 0. The molecule has 0 aliphatic heterocycles. The highest BCUT2D eigenvalue weighted by molar-refractivity contribution is 5.67. The third kappa shape index (κ3) is 5.11. The van der Waals surface area contributed by atoms with Crippen molar-refractivity contribution in [3.05, 3.63) is 0 Å². The van der Waals surface area contributed by atoms with Gasteiger partial charge >= 0.3 is 5.97 Å². The second-order valence-electron chi connectivity index (χ2n) is 4.24. The van der Waals surface area contributed by atoms with Crippen LogP contribution in [-0.2, 0) is 4.79 Å². The van der Waals surface area contributed by atoms with Gasteiger partial charge in [-0.05, 0) is 31.7 Å². The Labute approximate surface area is 89.1 Å². The summed E-state index contributed by atoms with van der Waals surface area (Å²) in [6.07, 6.45) is 1.43. The molecule has 1 rings (SSSR count). The fourth-order valence-corrected chi connectivity index (χ4v) is 1.96. The molecule has 1 saturated carbocycles. The highest BCUT2D eigenvalue weighted by Gasteiger charge is 2.22. The molecule has 3 unspecified atom stereocenters. The summed E-state index contributed by atoms with van der Waals surface area (Å²) in [6, 6.07) is 0. The van der Waals surface area contributed by atoms with Crippen molar-refractivity contribution in [3.8, 4) is 0 Å². The van der Waals surface area contributed by atoms with E-state index in [0.717, 1.165) is 25.8 Å². The molecule has 0 aromatic rings. The summed E-state index contributed by atoms with van der Waals surface area (Å²) in [6.45, 7) is 1.05. The minimum absolute atomic E-state index is 0.180. The molecule has 3 atom stereocenters. The molecule has 5 heteroatoms. The third-order valence-corrected chi connectivity index (χ3v) is 2.74. The lowest BCUT2D eigenvalue weighted by Crippen LogP contribution is -2.31. The van der Waals surface area contributed by atoms with Crippen LogP contribution in [0.2, 0.25) is 0 Å². The molecule has 4 N–H and O–H groups in total. The Balaban J connectivity index is 2.03. The molecule has 0 amide bonds. The zero-order chi connectivity index (χ0) is 11.3. The first-order chi connectivity index (χ1) is 7.08. The summed E-state index contributed by atoms with van der Waals surface area (Å²) in [5, 5.41) is 30.0. The molecule has 88 valence electrons. The maximum Gasteiger partial charge on any atom is 0.306 e. The number of rotatable bonds is 6. The second-order valence-corrected chi connectivity index (χ2v) is 4.24. The summed E-state index contributed by atoms with van der Waals surface area (Å²) in [7, 11) is 0. The van der Waals surface area contributed by atoms with Crippen LogP contribution >= 0.6 is 0 Å². The Hall–Kier alpha value is -0.650. The number of carboxylic acid groups (broad SMARTS) is 1. The Kier molecular flexibility index (Phi) is 5.01. The van der Waals surface area contributed by atoms with Gasteiger partial charge in [-0.2, -0.15) is 0 Å². The van der Waals surface area contributed by atoms with Crippen LogP contribution < -0.4 is 5.32 Å². The van der Waals surface area contributed by atoms with Crippen molar-refractivity contribution >= 4 is 5.97 Å². The van der Waals surface area contributed by atoms with Crippen molar-refractivity contribution in [2.45, 2.75) is 37.9 Å². The summed E-state index contributed by atoms with van der Waals surface area (Å²) < 4.78 is 0. The molecule has 1 aliphatic carbocycles. The van der Waals surface area contributed by atoms with Crippen molar-refractivity contribution in [2.24, 2.45) is 5.92 Å². The largest absolute Gasteiger partial charge is 0.481 e. The maximum absolute atomic E-state index is 10.3. The Morgan fingerprint density at radius 3 is 2.73 bits per heavy atom. The van der Waals surface area contributed by atoms with Crippen LogP contribution in [-0.4, -0.2) is 46.6 Å². The lowest BCUT2D eigenvalue weighted by atomic mass is 10.1. The minimum Gasteiger partial charge on any atom is -0.481 e. The molecule has 0 radical (unpaired) electrons. The molecular weight excluding hydrogens is 198 g/mol. The van der Waals surface area contributed by atoms with Crippen molar-refractivity contribution in [1.29, 1.82) is 0 Å². The number of hydrogen-bond acceptors (Lipinski definition) is 4. The molecule has 0 spiro atoms. The number of aliphatic hydroxyl groups excluding tert-OH is 2. The number of aliphatic carboxylic acids is 1. The first kappa shape index (κ1) is 12.4. The van der Waals surface area contributed by atoms with Gasteiger partial charge in [-0.25, -0.2) is 0 Å². The van der Waals surface area contributed by atoms with Gasteiger partial charge in [0.05, 0.1) is 18.6 Å². The van der Waals surface area contributed by atoms with E-state index in [1.54, 1.807) is 0 Å². The molecule has 0 aromatic heterocycles. The zero-order valence-corrected chi connectivity index (χ0v) is 8.72. The van der Waals surface area contributed by atoms with E-state index < -0.39 is 12.1 Å². The lowest BCUT2D eigenvalue weighted by molar-refractivity contribution is -0.139. The van der Waals surface area contributed by atoms with Crippen LogP contribution in [0.5, 0.6) is 0 Å². The molecule has 0 aromatic carbocycles. The molecular formula is C10H19NO4. The maximum atomic E-state index is 10.3. The second kappa shape index (κ2) is 6.05. The summed E-state index contributed by atoms with van der Waals surface area (Å²) in [5.74, 6) is -0.530. The van der Waals surface area contributed by atoms with Crippen LogP contribution in [0.15, 0.2) is 0 Å². The molecule has 1 fully saturated rings. The van der Waals surface area contributed by atoms with E-state index in [0.29, 0.717) is 12.5 Å². The van der Waals surface area contributed by atoms with Crippen LogP contribution in [0, 0.1) is 5.92 Å². The molecule has 15 heavy (non-hydrogen) atoms. The van der Waals surface area contributed by atoms with Crippen molar-refractivity contribution < 1.29 is 20.1 Å². The number of nitrogens with one attached hydrogen (secondary N) is 1. The molecule has 1 aliphatic rings. The summed E-state index contributed by atoms with van der Waals surface area (Å²) in [4.78, 5) is 10.3. The van der Waals surface area contributed by atoms with E-state index in [1.807, 2.05) is 0 Å². The van der Waals surface area contributed by atoms with E-state index >= 15 is 0 Å². The normalized spacial score (nSPS) is 27.9. The molecule has 5 nitrogen and oxygen atoms in total. The zero-order valence-electron chi connectivity index (χ0n) is 8.72. The van der Waals surface area contributed by atoms with E-state index in [1.165, 1.54) is 0 Å². The van der Waals surface area contributed by atoms with Crippen LogP contribution in [0.3, 0.4) is 0 Å². The van der Waals surface area contributed by atoms with Crippen molar-refractivity contribution in [3.63, 3.8) is 0 Å². The van der Waals surface area contributed by atoms with E-state index in [2.05, 4.69) is 5.32 Å². The van der Waals surface area contributed by atoms with Gasteiger partial charge in [-0.15, -0.1) is 0 Å². The van der Waals surface area contributed by atoms with Gasteiger partial charge < -0.3 is 20.6 Å². The first-order valence-corrected chi connectivity index (χ1v) is 5.36. The van der Waals surface area contributed by atoms with Crippen LogP contribution in [0.4, 0.5) is 0 Å². The number of aliphatic hydroxyl groups is 2. The number of carboxylic acids is 1. The van der Waals surface area contributed by atoms with Gasteiger partial charge in [0.1, 0.15) is 0 Å². The van der Waals surface area contributed by atoms with Crippen LogP contribution in [0.25, 0.3) is 0 Å². The van der Waals surface area contributed by atoms with Crippen molar-refractivity contribution in [1.82, 2.24) is 5.32 Å². The monoisotopic (exact) mass is 217 g/mol. The lowest BCUT2D eigenvalue weighted by Gasteiger charge is -2.13. The summed E-state index contributed by atoms with van der Waals surface area (Å²) in [5.41, 5.74) is 0. The van der Waals surface area contributed by atoms with E-state index in [9.17, 15) is 15.0 Å². The Morgan fingerprint density at radius 2 is 2.20 bits per heavy atom.